The number of nitrogens with one attached hydrogen (secondary N) is 1. The summed E-state index contributed by atoms with van der Waals surface area (Å²) in [5.41, 5.74) is 2.52. The second kappa shape index (κ2) is 8.33. The maximum absolute atomic E-state index is 13.1. The average molecular weight is 388 g/mol. The maximum Gasteiger partial charge on any atom is 0.269 e. The molecule has 0 saturated heterocycles. The first-order valence-corrected chi connectivity index (χ1v) is 8.72. The molecule has 3 rings (SSSR count). The van der Waals surface area contributed by atoms with Gasteiger partial charge in [0.2, 0.25) is 0 Å². The van der Waals surface area contributed by atoms with Crippen molar-refractivity contribution in [2.24, 2.45) is 7.05 Å². The molecule has 0 radical (unpaired) electrons. The Morgan fingerprint density at radius 3 is 2.63 bits per heavy atom. The van der Waals surface area contributed by atoms with Crippen molar-refractivity contribution < 1.29 is 13.9 Å². The first kappa shape index (κ1) is 19.1. The van der Waals surface area contributed by atoms with E-state index in [0.717, 1.165) is 11.1 Å². The smallest absolute Gasteiger partial charge is 0.269 e. The lowest BCUT2D eigenvalue weighted by atomic mass is 10.1. The van der Waals surface area contributed by atoms with Gasteiger partial charge in [-0.3, -0.25) is 9.48 Å². The number of aromatic nitrogens is 2. The van der Waals surface area contributed by atoms with Crippen LogP contribution in [0.4, 0.5) is 4.39 Å². The van der Waals surface area contributed by atoms with Crippen molar-refractivity contribution in [2.75, 3.05) is 13.7 Å². The number of rotatable bonds is 6. The van der Waals surface area contributed by atoms with Gasteiger partial charge in [-0.25, -0.2) is 4.39 Å². The number of hydrogen-bond donors (Lipinski definition) is 1. The zero-order chi connectivity index (χ0) is 19.4. The minimum Gasteiger partial charge on any atom is -0.375 e. The van der Waals surface area contributed by atoms with E-state index in [9.17, 15) is 9.18 Å². The Kier molecular flexibility index (Phi) is 5.88. The van der Waals surface area contributed by atoms with E-state index in [1.165, 1.54) is 16.8 Å². The van der Waals surface area contributed by atoms with Crippen molar-refractivity contribution in [1.82, 2.24) is 15.1 Å². The van der Waals surface area contributed by atoms with Crippen LogP contribution in [0.3, 0.4) is 0 Å². The summed E-state index contributed by atoms with van der Waals surface area (Å²) >= 11 is 6.20. The highest BCUT2D eigenvalue weighted by Gasteiger charge is 2.18. The summed E-state index contributed by atoms with van der Waals surface area (Å²) in [6.07, 6.45) is -0.368. The fraction of sp³-hybridized carbons (Fsp3) is 0.200. The van der Waals surface area contributed by atoms with Crippen molar-refractivity contribution in [3.05, 3.63) is 76.7 Å². The van der Waals surface area contributed by atoms with Gasteiger partial charge < -0.3 is 10.1 Å². The summed E-state index contributed by atoms with van der Waals surface area (Å²) in [6.45, 7) is 0.260. The number of nitrogens with zero attached hydrogens (tertiary/aromatic N) is 2. The molecule has 7 heteroatoms. The molecule has 0 aliphatic rings. The number of benzene rings is 2. The molecule has 0 unspecified atom stereocenters. The zero-order valence-electron chi connectivity index (χ0n) is 14.9. The normalized spacial score (nSPS) is 12.0. The van der Waals surface area contributed by atoms with Crippen molar-refractivity contribution in [2.45, 2.75) is 6.10 Å². The number of hydrogen-bond acceptors (Lipinski definition) is 3. The van der Waals surface area contributed by atoms with E-state index in [-0.39, 0.29) is 24.4 Å². The quantitative estimate of drug-likeness (QED) is 0.695. The molecule has 1 aromatic heterocycles. The summed E-state index contributed by atoms with van der Waals surface area (Å²) in [4.78, 5) is 12.6. The van der Waals surface area contributed by atoms with Crippen molar-refractivity contribution in [3.8, 4) is 11.3 Å². The van der Waals surface area contributed by atoms with Gasteiger partial charge in [-0.2, -0.15) is 5.10 Å². The molecule has 1 amide bonds. The second-order valence-corrected chi connectivity index (χ2v) is 6.41. The van der Waals surface area contributed by atoms with Gasteiger partial charge in [0.1, 0.15) is 17.6 Å². The molecular weight excluding hydrogens is 369 g/mol. The molecule has 140 valence electrons. The fourth-order valence-corrected chi connectivity index (χ4v) is 3.03. The summed E-state index contributed by atoms with van der Waals surface area (Å²) < 4.78 is 20.0. The van der Waals surface area contributed by atoms with Gasteiger partial charge in [-0.1, -0.05) is 29.8 Å². The third-order valence-electron chi connectivity index (χ3n) is 4.24. The molecule has 1 heterocycles. The van der Waals surface area contributed by atoms with Gasteiger partial charge in [0, 0.05) is 36.9 Å². The van der Waals surface area contributed by atoms with Crippen LogP contribution >= 0.6 is 11.6 Å². The topological polar surface area (TPSA) is 56.1 Å². The molecule has 0 bridgehead atoms. The fourth-order valence-electron chi connectivity index (χ4n) is 2.77. The van der Waals surface area contributed by atoms with Gasteiger partial charge in [0.25, 0.3) is 5.91 Å². The molecule has 0 aliphatic carbocycles. The Bertz CT molecular complexity index is 941. The van der Waals surface area contributed by atoms with Crippen molar-refractivity contribution in [3.63, 3.8) is 0 Å². The molecule has 1 atom stereocenters. The molecule has 1 N–H and O–H groups in total. The largest absolute Gasteiger partial charge is 0.375 e. The Labute approximate surface area is 161 Å². The third kappa shape index (κ3) is 4.35. The molecule has 2 aromatic carbocycles. The van der Waals surface area contributed by atoms with Crippen LogP contribution in [0, 0.1) is 5.82 Å². The molecule has 0 spiro atoms. The van der Waals surface area contributed by atoms with Crippen LogP contribution in [0.5, 0.6) is 0 Å². The number of carbonyl (C=O) groups excluding carboxylic acids is 1. The number of ether oxygens (including phenoxy) is 1. The molecule has 0 aliphatic heterocycles. The van der Waals surface area contributed by atoms with Gasteiger partial charge in [-0.05, 0) is 36.4 Å². The van der Waals surface area contributed by atoms with E-state index in [0.29, 0.717) is 16.4 Å². The van der Waals surface area contributed by atoms with Crippen LogP contribution in [-0.2, 0) is 11.8 Å². The number of methoxy groups -OCH3 is 1. The summed E-state index contributed by atoms with van der Waals surface area (Å²) in [5, 5.41) is 7.76. The summed E-state index contributed by atoms with van der Waals surface area (Å²) in [5.74, 6) is -0.606. The average Bonchev–Trinajstić information content (AvgIpc) is 3.05. The van der Waals surface area contributed by atoms with E-state index >= 15 is 0 Å². The first-order chi connectivity index (χ1) is 13.0. The molecular formula is C20H19ClFN3O2. The van der Waals surface area contributed by atoms with Gasteiger partial charge in [0.05, 0.1) is 5.69 Å². The summed E-state index contributed by atoms with van der Waals surface area (Å²) in [6, 6.07) is 15.0. The SMILES string of the molecule is CO[C@@H](CNC(=O)c1cc(-c2ccc(F)cc2)nn1C)c1ccccc1Cl. The highest BCUT2D eigenvalue weighted by molar-refractivity contribution is 6.31. The zero-order valence-corrected chi connectivity index (χ0v) is 15.7. The Hall–Kier alpha value is -2.70. The van der Waals surface area contributed by atoms with Crippen LogP contribution < -0.4 is 5.32 Å². The van der Waals surface area contributed by atoms with Crippen LogP contribution in [0.1, 0.15) is 22.2 Å². The lowest BCUT2D eigenvalue weighted by molar-refractivity contribution is 0.0821. The predicted octanol–water partition coefficient (Wildman–Crippen LogP) is 4.00. The number of amides is 1. The molecule has 3 aromatic rings. The lowest BCUT2D eigenvalue weighted by Crippen LogP contribution is -2.30. The van der Waals surface area contributed by atoms with E-state index in [1.54, 1.807) is 38.4 Å². The second-order valence-electron chi connectivity index (χ2n) is 6.00. The minimum absolute atomic E-state index is 0.260. The number of halogens is 2. The first-order valence-electron chi connectivity index (χ1n) is 8.35. The number of carbonyl (C=O) groups is 1. The Morgan fingerprint density at radius 1 is 1.26 bits per heavy atom. The molecule has 27 heavy (non-hydrogen) atoms. The molecule has 5 nitrogen and oxygen atoms in total. The van der Waals surface area contributed by atoms with Gasteiger partial charge in [-0.15, -0.1) is 0 Å². The maximum atomic E-state index is 13.1. The third-order valence-corrected chi connectivity index (χ3v) is 4.58. The standard InChI is InChI=1S/C20H19ClFN3O2/c1-25-18(11-17(24-25)13-7-9-14(22)10-8-13)20(26)23-12-19(27-2)15-5-3-4-6-16(15)21/h3-11,19H,12H2,1-2H3,(H,23,26)/t19-/m0/s1. The predicted molar refractivity (Wildman–Crippen MR) is 102 cm³/mol. The van der Waals surface area contributed by atoms with Crippen LogP contribution in [0.25, 0.3) is 11.3 Å². The minimum atomic E-state index is -0.368. The van der Waals surface area contributed by atoms with Crippen molar-refractivity contribution >= 4 is 17.5 Å². The highest BCUT2D eigenvalue weighted by atomic mass is 35.5. The molecule has 0 fully saturated rings. The van der Waals surface area contributed by atoms with Crippen LogP contribution in [0.15, 0.2) is 54.6 Å². The molecule has 0 saturated carbocycles. The Morgan fingerprint density at radius 2 is 1.96 bits per heavy atom. The summed E-state index contributed by atoms with van der Waals surface area (Å²) in [7, 11) is 3.25. The van der Waals surface area contributed by atoms with Crippen LogP contribution in [0.2, 0.25) is 5.02 Å². The van der Waals surface area contributed by atoms with Crippen LogP contribution in [-0.4, -0.2) is 29.3 Å². The van der Waals surface area contributed by atoms with E-state index < -0.39 is 0 Å². The van der Waals surface area contributed by atoms with Gasteiger partial charge in [0.15, 0.2) is 0 Å². The van der Waals surface area contributed by atoms with E-state index in [2.05, 4.69) is 10.4 Å². The lowest BCUT2D eigenvalue weighted by Gasteiger charge is -2.17. The van der Waals surface area contributed by atoms with E-state index in [4.69, 9.17) is 16.3 Å². The van der Waals surface area contributed by atoms with E-state index in [1.807, 2.05) is 18.2 Å². The van der Waals surface area contributed by atoms with Gasteiger partial charge >= 0.3 is 0 Å². The number of aryl methyl sites for hydroxylation is 1. The monoisotopic (exact) mass is 387 g/mol. The van der Waals surface area contributed by atoms with Crippen molar-refractivity contribution in [1.29, 1.82) is 0 Å². The Balaban J connectivity index is 1.73. The highest BCUT2D eigenvalue weighted by Crippen LogP contribution is 2.24.